The number of carboxylic acids is 1. The largest absolute Gasteiger partial charge is 0.481 e. The fourth-order valence-electron chi connectivity index (χ4n) is 2.05. The van der Waals surface area contributed by atoms with Crippen molar-refractivity contribution < 1.29 is 9.90 Å². The van der Waals surface area contributed by atoms with E-state index in [-0.39, 0.29) is 11.7 Å². The second kappa shape index (κ2) is 5.72. The Morgan fingerprint density at radius 2 is 2.19 bits per heavy atom. The highest BCUT2D eigenvalue weighted by molar-refractivity contribution is 7.99. The van der Waals surface area contributed by atoms with Crippen LogP contribution in [0.2, 0.25) is 0 Å². The number of carboxylic acid groups (broad SMARTS) is 1. The Labute approximate surface area is 129 Å². The minimum Gasteiger partial charge on any atom is -0.481 e. The predicted octanol–water partition coefficient (Wildman–Crippen LogP) is 2.43. The Morgan fingerprint density at radius 3 is 2.81 bits per heavy atom. The summed E-state index contributed by atoms with van der Waals surface area (Å²) in [6, 6.07) is 0.369. The summed E-state index contributed by atoms with van der Waals surface area (Å²) in [6.07, 6.45) is 2.16. The number of hydrogen-bond acceptors (Lipinski definition) is 7. The Balaban J connectivity index is 1.98. The predicted molar refractivity (Wildman–Crippen MR) is 79.6 cm³/mol. The van der Waals surface area contributed by atoms with E-state index in [0.717, 1.165) is 29.2 Å². The monoisotopic (exact) mass is 325 g/mol. The van der Waals surface area contributed by atoms with Gasteiger partial charge in [0.1, 0.15) is 4.88 Å². The maximum absolute atomic E-state index is 10.8. The number of thioether (sulfide) groups is 1. The third-order valence-corrected chi connectivity index (χ3v) is 4.83. The standard InChI is InChI=1S/C12H15N5O2S2/c1-6(2)9-10(21-16-13-9)11-14-15-12(20-5-8(18)19)17(11)7-3-4-7/h6-7H,3-5H2,1-2H3,(H,18,19). The van der Waals surface area contributed by atoms with Gasteiger partial charge in [0, 0.05) is 6.04 Å². The van der Waals surface area contributed by atoms with Gasteiger partial charge in [-0.1, -0.05) is 30.1 Å². The van der Waals surface area contributed by atoms with E-state index in [9.17, 15) is 4.79 Å². The lowest BCUT2D eigenvalue weighted by atomic mass is 10.1. The molecular formula is C12H15N5O2S2. The van der Waals surface area contributed by atoms with Crippen LogP contribution in [0.5, 0.6) is 0 Å². The van der Waals surface area contributed by atoms with Crippen LogP contribution in [0.1, 0.15) is 44.3 Å². The molecule has 2 heterocycles. The first-order chi connectivity index (χ1) is 10.1. The zero-order valence-electron chi connectivity index (χ0n) is 11.7. The Bertz CT molecular complexity index is 662. The van der Waals surface area contributed by atoms with Gasteiger partial charge in [0.2, 0.25) is 0 Å². The van der Waals surface area contributed by atoms with Crippen molar-refractivity contribution in [1.82, 2.24) is 24.4 Å². The molecule has 0 unspecified atom stereocenters. The van der Waals surface area contributed by atoms with Crippen molar-refractivity contribution in [2.45, 2.75) is 43.8 Å². The first-order valence-electron chi connectivity index (χ1n) is 6.70. The Hall–Kier alpha value is -1.48. The molecule has 2 aromatic rings. The van der Waals surface area contributed by atoms with Crippen molar-refractivity contribution in [3.05, 3.63) is 5.69 Å². The number of carbonyl (C=O) groups is 1. The molecule has 0 atom stereocenters. The third kappa shape index (κ3) is 2.93. The second-order valence-corrected chi connectivity index (χ2v) is 6.93. The molecule has 0 aliphatic heterocycles. The SMILES string of the molecule is CC(C)c1nnsc1-c1nnc(SCC(=O)O)n1C1CC1. The number of aliphatic carboxylic acids is 1. The van der Waals surface area contributed by atoms with E-state index < -0.39 is 5.97 Å². The van der Waals surface area contributed by atoms with Gasteiger partial charge >= 0.3 is 5.97 Å². The molecule has 9 heteroatoms. The fourth-order valence-corrected chi connectivity index (χ4v) is 3.58. The molecule has 1 saturated carbocycles. The van der Waals surface area contributed by atoms with Gasteiger partial charge in [0.15, 0.2) is 11.0 Å². The van der Waals surface area contributed by atoms with Crippen LogP contribution in [-0.4, -0.2) is 41.2 Å². The molecular weight excluding hydrogens is 310 g/mol. The van der Waals surface area contributed by atoms with Crippen molar-refractivity contribution in [2.24, 2.45) is 0 Å². The van der Waals surface area contributed by atoms with Crippen molar-refractivity contribution in [3.8, 4) is 10.7 Å². The number of hydrogen-bond donors (Lipinski definition) is 1. The topological polar surface area (TPSA) is 93.8 Å². The molecule has 1 fully saturated rings. The lowest BCUT2D eigenvalue weighted by Crippen LogP contribution is -2.03. The molecule has 0 saturated heterocycles. The summed E-state index contributed by atoms with van der Waals surface area (Å²) >= 11 is 2.53. The summed E-state index contributed by atoms with van der Waals surface area (Å²) in [7, 11) is 0. The summed E-state index contributed by atoms with van der Waals surface area (Å²) < 4.78 is 6.08. The smallest absolute Gasteiger partial charge is 0.313 e. The van der Waals surface area contributed by atoms with E-state index in [1.165, 1.54) is 23.3 Å². The van der Waals surface area contributed by atoms with Crippen molar-refractivity contribution in [3.63, 3.8) is 0 Å². The second-order valence-electron chi connectivity index (χ2n) is 5.23. The van der Waals surface area contributed by atoms with Gasteiger partial charge < -0.3 is 5.11 Å². The zero-order chi connectivity index (χ0) is 15.0. The number of aromatic nitrogens is 5. The maximum atomic E-state index is 10.8. The van der Waals surface area contributed by atoms with Crippen LogP contribution >= 0.6 is 23.3 Å². The van der Waals surface area contributed by atoms with Gasteiger partial charge in [0.25, 0.3) is 0 Å². The van der Waals surface area contributed by atoms with E-state index in [1.807, 2.05) is 0 Å². The van der Waals surface area contributed by atoms with Gasteiger partial charge in [-0.3, -0.25) is 9.36 Å². The summed E-state index contributed by atoms with van der Waals surface area (Å²) in [6.45, 7) is 4.14. The Morgan fingerprint density at radius 1 is 1.43 bits per heavy atom. The lowest BCUT2D eigenvalue weighted by Gasteiger charge is -2.08. The molecule has 0 bridgehead atoms. The van der Waals surface area contributed by atoms with Gasteiger partial charge in [-0.25, -0.2) is 0 Å². The van der Waals surface area contributed by atoms with E-state index in [1.54, 1.807) is 0 Å². The highest BCUT2D eigenvalue weighted by Gasteiger charge is 2.32. The minimum absolute atomic E-state index is 0.0111. The van der Waals surface area contributed by atoms with Crippen LogP contribution in [0.3, 0.4) is 0 Å². The van der Waals surface area contributed by atoms with Crippen molar-refractivity contribution >= 4 is 29.3 Å². The molecule has 21 heavy (non-hydrogen) atoms. The van der Waals surface area contributed by atoms with Crippen LogP contribution in [0.15, 0.2) is 5.16 Å². The maximum Gasteiger partial charge on any atom is 0.313 e. The number of rotatable bonds is 6. The normalized spacial score (nSPS) is 14.8. The average Bonchev–Trinajstić information content (AvgIpc) is 3.00. The van der Waals surface area contributed by atoms with Gasteiger partial charge in [-0.05, 0) is 30.3 Å². The molecule has 1 aliphatic carbocycles. The molecule has 1 aliphatic rings. The lowest BCUT2D eigenvalue weighted by molar-refractivity contribution is -0.133. The molecule has 0 radical (unpaired) electrons. The van der Waals surface area contributed by atoms with E-state index in [2.05, 4.69) is 38.2 Å². The fraction of sp³-hybridized carbons (Fsp3) is 0.583. The highest BCUT2D eigenvalue weighted by Crippen LogP contribution is 2.42. The molecule has 0 aromatic carbocycles. The first kappa shape index (κ1) is 14.5. The average molecular weight is 325 g/mol. The Kier molecular flexibility index (Phi) is 3.94. The quantitative estimate of drug-likeness (QED) is 0.815. The van der Waals surface area contributed by atoms with Crippen LogP contribution < -0.4 is 0 Å². The highest BCUT2D eigenvalue weighted by atomic mass is 32.2. The number of nitrogens with zero attached hydrogens (tertiary/aromatic N) is 5. The van der Waals surface area contributed by atoms with E-state index in [0.29, 0.717) is 11.2 Å². The summed E-state index contributed by atoms with van der Waals surface area (Å²) in [5, 5.41) is 22.1. The van der Waals surface area contributed by atoms with Crippen molar-refractivity contribution in [1.29, 1.82) is 0 Å². The van der Waals surface area contributed by atoms with Gasteiger partial charge in [-0.15, -0.1) is 15.3 Å². The molecule has 7 nitrogen and oxygen atoms in total. The summed E-state index contributed by atoms with van der Waals surface area (Å²) in [5.41, 5.74) is 0.920. The summed E-state index contributed by atoms with van der Waals surface area (Å²) in [4.78, 5) is 11.7. The van der Waals surface area contributed by atoms with Crippen LogP contribution in [0, 0.1) is 0 Å². The molecule has 0 amide bonds. The molecule has 3 rings (SSSR count). The third-order valence-electron chi connectivity index (χ3n) is 3.16. The van der Waals surface area contributed by atoms with Gasteiger partial charge in [-0.2, -0.15) is 0 Å². The van der Waals surface area contributed by atoms with Gasteiger partial charge in [0.05, 0.1) is 11.4 Å². The minimum atomic E-state index is -0.853. The molecule has 1 N–H and O–H groups in total. The van der Waals surface area contributed by atoms with Crippen LogP contribution in [-0.2, 0) is 4.79 Å². The molecule has 0 spiro atoms. The van der Waals surface area contributed by atoms with E-state index in [4.69, 9.17) is 5.11 Å². The van der Waals surface area contributed by atoms with Crippen molar-refractivity contribution in [2.75, 3.05) is 5.75 Å². The van der Waals surface area contributed by atoms with E-state index >= 15 is 0 Å². The molecule has 112 valence electrons. The zero-order valence-corrected chi connectivity index (χ0v) is 13.3. The molecule has 2 aromatic heterocycles. The van der Waals surface area contributed by atoms with Crippen LogP contribution in [0.4, 0.5) is 0 Å². The summed E-state index contributed by atoms with van der Waals surface area (Å²) in [5.74, 6) is 0.166. The first-order valence-corrected chi connectivity index (χ1v) is 8.46. The van der Waals surface area contributed by atoms with Crippen LogP contribution in [0.25, 0.3) is 10.7 Å².